The number of sulfone groups is 1. The highest BCUT2D eigenvalue weighted by Crippen LogP contribution is 2.24. The van der Waals surface area contributed by atoms with E-state index < -0.39 is 21.3 Å². The Hall–Kier alpha value is -1.06. The summed E-state index contributed by atoms with van der Waals surface area (Å²) in [5.41, 5.74) is -1.15. The molecule has 0 amide bonds. The number of rotatable bonds is 4. The standard InChI is InChI=1S/C10H15NO4S/c1-3-6-11-10(9(12)15-4-2)5-7-16(13,14)8-10/h1,11H,4-8H2,2H3. The van der Waals surface area contributed by atoms with Crippen molar-refractivity contribution in [1.82, 2.24) is 5.32 Å². The third-order valence-electron chi connectivity index (χ3n) is 2.50. The second-order valence-corrected chi connectivity index (χ2v) is 5.89. The van der Waals surface area contributed by atoms with E-state index in [9.17, 15) is 13.2 Å². The monoisotopic (exact) mass is 245 g/mol. The molecule has 1 aliphatic heterocycles. The third-order valence-corrected chi connectivity index (χ3v) is 4.26. The van der Waals surface area contributed by atoms with Gasteiger partial charge in [-0.2, -0.15) is 0 Å². The van der Waals surface area contributed by atoms with Gasteiger partial charge in [-0.15, -0.1) is 6.42 Å². The summed E-state index contributed by atoms with van der Waals surface area (Å²) in [7, 11) is -3.18. The molecule has 1 saturated heterocycles. The van der Waals surface area contributed by atoms with Gasteiger partial charge in [0.15, 0.2) is 9.84 Å². The largest absolute Gasteiger partial charge is 0.465 e. The van der Waals surface area contributed by atoms with E-state index in [1.807, 2.05) is 0 Å². The van der Waals surface area contributed by atoms with Crippen LogP contribution in [0.1, 0.15) is 13.3 Å². The highest BCUT2D eigenvalue weighted by Gasteiger charge is 2.48. The van der Waals surface area contributed by atoms with E-state index in [0.29, 0.717) is 0 Å². The molecule has 0 aromatic carbocycles. The van der Waals surface area contributed by atoms with Gasteiger partial charge in [-0.3, -0.25) is 10.1 Å². The Morgan fingerprint density at radius 1 is 1.62 bits per heavy atom. The number of ether oxygens (including phenoxy) is 1. The minimum absolute atomic E-state index is 0.0105. The second kappa shape index (κ2) is 4.85. The van der Waals surface area contributed by atoms with E-state index in [1.165, 1.54) is 0 Å². The Morgan fingerprint density at radius 2 is 2.31 bits per heavy atom. The normalized spacial score (nSPS) is 27.2. The zero-order valence-electron chi connectivity index (χ0n) is 9.15. The van der Waals surface area contributed by atoms with Crippen LogP contribution in [0.5, 0.6) is 0 Å². The van der Waals surface area contributed by atoms with Crippen LogP contribution in [0.4, 0.5) is 0 Å². The van der Waals surface area contributed by atoms with Crippen molar-refractivity contribution in [3.8, 4) is 12.3 Å². The summed E-state index contributed by atoms with van der Waals surface area (Å²) >= 11 is 0. The fourth-order valence-electron chi connectivity index (χ4n) is 1.71. The Bertz CT molecular complexity index is 409. The SMILES string of the molecule is C#CCNC1(C(=O)OCC)CCS(=O)(=O)C1. The fraction of sp³-hybridized carbons (Fsp3) is 0.700. The van der Waals surface area contributed by atoms with E-state index in [2.05, 4.69) is 11.2 Å². The highest BCUT2D eigenvalue weighted by atomic mass is 32.2. The van der Waals surface area contributed by atoms with Crippen molar-refractivity contribution in [3.63, 3.8) is 0 Å². The summed E-state index contributed by atoms with van der Waals surface area (Å²) in [6.45, 7) is 2.04. The lowest BCUT2D eigenvalue weighted by atomic mass is 9.99. The van der Waals surface area contributed by atoms with Crippen molar-refractivity contribution < 1.29 is 17.9 Å². The van der Waals surface area contributed by atoms with E-state index in [-0.39, 0.29) is 31.1 Å². The molecule has 90 valence electrons. The molecule has 1 N–H and O–H groups in total. The van der Waals surface area contributed by atoms with Crippen LogP contribution in [0.3, 0.4) is 0 Å². The van der Waals surface area contributed by atoms with Crippen molar-refractivity contribution >= 4 is 15.8 Å². The average molecular weight is 245 g/mol. The molecule has 0 aromatic heterocycles. The number of carbonyl (C=O) groups excluding carboxylic acids is 1. The molecule has 1 rings (SSSR count). The first-order valence-electron chi connectivity index (χ1n) is 5.02. The number of carbonyl (C=O) groups is 1. The molecule has 5 nitrogen and oxygen atoms in total. The minimum atomic E-state index is -3.18. The van der Waals surface area contributed by atoms with Crippen LogP contribution in [0.2, 0.25) is 0 Å². The van der Waals surface area contributed by atoms with Gasteiger partial charge in [0, 0.05) is 0 Å². The summed E-state index contributed by atoms with van der Waals surface area (Å²) in [6.07, 6.45) is 5.31. The van der Waals surface area contributed by atoms with Crippen molar-refractivity contribution in [3.05, 3.63) is 0 Å². The topological polar surface area (TPSA) is 72.5 Å². The lowest BCUT2D eigenvalue weighted by Gasteiger charge is -2.25. The Labute approximate surface area is 95.5 Å². The van der Waals surface area contributed by atoms with Gasteiger partial charge in [0.05, 0.1) is 24.7 Å². The van der Waals surface area contributed by atoms with Crippen molar-refractivity contribution in [2.45, 2.75) is 18.9 Å². The second-order valence-electron chi connectivity index (χ2n) is 3.70. The predicted octanol–water partition coefficient (Wildman–Crippen LogP) is -0.670. The van der Waals surface area contributed by atoms with Crippen LogP contribution < -0.4 is 5.32 Å². The van der Waals surface area contributed by atoms with Crippen LogP contribution in [0, 0.1) is 12.3 Å². The van der Waals surface area contributed by atoms with Crippen molar-refractivity contribution in [1.29, 1.82) is 0 Å². The Balaban J connectivity index is 2.87. The van der Waals surface area contributed by atoms with Crippen LogP contribution in [-0.4, -0.2) is 44.6 Å². The maximum Gasteiger partial charge on any atom is 0.327 e. The minimum Gasteiger partial charge on any atom is -0.465 e. The van der Waals surface area contributed by atoms with Crippen LogP contribution in [0.15, 0.2) is 0 Å². The maximum atomic E-state index is 11.7. The molecule has 0 aliphatic carbocycles. The van der Waals surface area contributed by atoms with Gasteiger partial charge >= 0.3 is 5.97 Å². The van der Waals surface area contributed by atoms with Gasteiger partial charge in [0.2, 0.25) is 0 Å². The van der Waals surface area contributed by atoms with Gasteiger partial charge < -0.3 is 4.74 Å². The number of hydrogen-bond donors (Lipinski definition) is 1. The van der Waals surface area contributed by atoms with Gasteiger partial charge in [-0.1, -0.05) is 5.92 Å². The molecule has 1 heterocycles. The summed E-state index contributed by atoms with van der Waals surface area (Å²) in [5, 5.41) is 2.80. The first-order valence-corrected chi connectivity index (χ1v) is 6.84. The van der Waals surface area contributed by atoms with E-state index in [1.54, 1.807) is 6.92 Å². The maximum absolute atomic E-state index is 11.7. The number of esters is 1. The van der Waals surface area contributed by atoms with Crippen LogP contribution >= 0.6 is 0 Å². The van der Waals surface area contributed by atoms with Crippen LogP contribution in [0.25, 0.3) is 0 Å². The zero-order valence-corrected chi connectivity index (χ0v) is 9.97. The van der Waals surface area contributed by atoms with E-state index in [4.69, 9.17) is 11.2 Å². The smallest absolute Gasteiger partial charge is 0.327 e. The van der Waals surface area contributed by atoms with E-state index >= 15 is 0 Å². The first kappa shape index (κ1) is 13.0. The summed E-state index contributed by atoms with van der Waals surface area (Å²) in [5.74, 6) is 1.55. The molecule has 0 bridgehead atoms. The number of nitrogens with one attached hydrogen (secondary N) is 1. The van der Waals surface area contributed by atoms with E-state index in [0.717, 1.165) is 0 Å². The summed E-state index contributed by atoms with van der Waals surface area (Å²) < 4.78 is 27.7. The number of hydrogen-bond acceptors (Lipinski definition) is 5. The average Bonchev–Trinajstić information content (AvgIpc) is 2.53. The lowest BCUT2D eigenvalue weighted by Crippen LogP contribution is -2.54. The lowest BCUT2D eigenvalue weighted by molar-refractivity contribution is -0.150. The molecule has 0 radical (unpaired) electrons. The fourth-order valence-corrected chi connectivity index (χ4v) is 3.63. The first-order chi connectivity index (χ1) is 7.46. The molecule has 0 saturated carbocycles. The molecular formula is C10H15NO4S. The van der Waals surface area contributed by atoms with Gasteiger partial charge in [-0.05, 0) is 13.3 Å². The molecular weight excluding hydrogens is 230 g/mol. The van der Waals surface area contributed by atoms with Gasteiger partial charge in [0.1, 0.15) is 5.54 Å². The molecule has 1 unspecified atom stereocenters. The Kier molecular flexibility index (Phi) is 3.94. The van der Waals surface area contributed by atoms with Crippen molar-refractivity contribution in [2.24, 2.45) is 0 Å². The highest BCUT2D eigenvalue weighted by molar-refractivity contribution is 7.91. The quantitative estimate of drug-likeness (QED) is 0.525. The molecule has 6 heteroatoms. The molecule has 1 aliphatic rings. The molecule has 1 atom stereocenters. The molecule has 16 heavy (non-hydrogen) atoms. The van der Waals surface area contributed by atoms with Crippen molar-refractivity contribution in [2.75, 3.05) is 24.7 Å². The third kappa shape index (κ3) is 2.74. The number of terminal acetylenes is 1. The molecule has 1 fully saturated rings. The molecule has 0 aromatic rings. The summed E-state index contributed by atoms with van der Waals surface area (Å²) in [4.78, 5) is 11.7. The Morgan fingerprint density at radius 3 is 2.75 bits per heavy atom. The van der Waals surface area contributed by atoms with Gasteiger partial charge in [-0.25, -0.2) is 8.42 Å². The predicted molar refractivity (Wildman–Crippen MR) is 59.5 cm³/mol. The van der Waals surface area contributed by atoms with Crippen LogP contribution in [-0.2, 0) is 19.4 Å². The summed E-state index contributed by atoms with van der Waals surface area (Å²) in [6, 6.07) is 0. The zero-order chi connectivity index (χ0) is 12.2. The van der Waals surface area contributed by atoms with Gasteiger partial charge in [0.25, 0.3) is 0 Å². The molecule has 0 spiro atoms.